The molecule has 5 aliphatic rings. The van der Waals surface area contributed by atoms with Crippen molar-refractivity contribution in [2.45, 2.75) is 125 Å². The molecule has 0 radical (unpaired) electrons. The fourth-order valence-corrected chi connectivity index (χ4v) is 7.26. The van der Waals surface area contributed by atoms with Crippen LogP contribution in [0.15, 0.2) is 0 Å². The molecular formula is C24H41O11+. The Bertz CT molecular complexity index is 722. The molecule has 3 saturated heterocycles. The van der Waals surface area contributed by atoms with Crippen LogP contribution in [0.5, 0.6) is 0 Å². The molecule has 0 aromatic heterocycles. The second kappa shape index (κ2) is 10.4. The van der Waals surface area contributed by atoms with Gasteiger partial charge < -0.3 is 54.7 Å². The van der Waals surface area contributed by atoms with Crippen molar-refractivity contribution in [1.82, 2.24) is 0 Å². The van der Waals surface area contributed by atoms with Gasteiger partial charge in [0.25, 0.3) is 0 Å². The molecule has 2 aliphatic carbocycles. The molecule has 2 saturated carbocycles. The Morgan fingerprint density at radius 2 is 1.63 bits per heavy atom. The summed E-state index contributed by atoms with van der Waals surface area (Å²) in [5.74, 6) is -0.0974. The van der Waals surface area contributed by atoms with Gasteiger partial charge in [-0.2, -0.15) is 0 Å². The molecule has 202 valence electrons. The van der Waals surface area contributed by atoms with Crippen molar-refractivity contribution in [3.8, 4) is 0 Å². The lowest BCUT2D eigenvalue weighted by molar-refractivity contribution is -0.379. The van der Waals surface area contributed by atoms with Crippen LogP contribution in [0, 0.1) is 17.8 Å². The van der Waals surface area contributed by atoms with Crippen LogP contribution in [0.1, 0.15) is 45.4 Å². The lowest BCUT2D eigenvalue weighted by Gasteiger charge is -2.55. The first-order chi connectivity index (χ1) is 16.7. The third kappa shape index (κ3) is 4.90. The average molecular weight is 506 g/mol. The van der Waals surface area contributed by atoms with Crippen LogP contribution < -0.4 is 0 Å². The van der Waals surface area contributed by atoms with Crippen molar-refractivity contribution in [3.05, 3.63) is 0 Å². The summed E-state index contributed by atoms with van der Waals surface area (Å²) in [4.78, 5) is 0. The Morgan fingerprint density at radius 3 is 2.34 bits per heavy atom. The van der Waals surface area contributed by atoms with E-state index in [-0.39, 0.29) is 42.2 Å². The summed E-state index contributed by atoms with van der Waals surface area (Å²) in [5.41, 5.74) is 0. The SMILES string of the molecule is CC1CC2C(OC3OC(CO)C(O)C(O)C3O)C(C3CCC(O)C(O)C3)[OH+]C3CC(O)CC(O1)C32. The highest BCUT2D eigenvalue weighted by atomic mass is 16.7. The first kappa shape index (κ1) is 26.2. The lowest BCUT2D eigenvalue weighted by Crippen LogP contribution is -2.67. The van der Waals surface area contributed by atoms with Gasteiger partial charge in [0.2, 0.25) is 0 Å². The number of hydrogen-bond acceptors (Lipinski definition) is 10. The van der Waals surface area contributed by atoms with Crippen molar-refractivity contribution in [2.24, 2.45) is 17.8 Å². The second-order valence-corrected chi connectivity index (χ2v) is 11.3. The van der Waals surface area contributed by atoms with Crippen LogP contribution >= 0.6 is 0 Å². The van der Waals surface area contributed by atoms with E-state index in [2.05, 4.69) is 0 Å². The van der Waals surface area contributed by atoms with Crippen LogP contribution in [-0.4, -0.2) is 127 Å². The van der Waals surface area contributed by atoms with Crippen LogP contribution in [0.25, 0.3) is 0 Å². The van der Waals surface area contributed by atoms with E-state index in [0.29, 0.717) is 38.5 Å². The summed E-state index contributed by atoms with van der Waals surface area (Å²) in [7, 11) is 0. The van der Waals surface area contributed by atoms with Gasteiger partial charge in [-0.1, -0.05) is 0 Å². The van der Waals surface area contributed by atoms with Crippen molar-refractivity contribution in [1.29, 1.82) is 0 Å². The molecule has 8 N–H and O–H groups in total. The van der Waals surface area contributed by atoms with E-state index in [1.54, 1.807) is 0 Å². The molecular weight excluding hydrogens is 464 g/mol. The zero-order valence-electron chi connectivity index (χ0n) is 20.0. The summed E-state index contributed by atoms with van der Waals surface area (Å²) in [6.07, 6.45) is -7.23. The van der Waals surface area contributed by atoms with E-state index in [0.717, 1.165) is 0 Å². The molecule has 0 amide bonds. The van der Waals surface area contributed by atoms with Gasteiger partial charge in [0.05, 0.1) is 43.0 Å². The minimum Gasteiger partial charge on any atom is -0.427 e. The first-order valence-corrected chi connectivity index (χ1v) is 13.0. The fourth-order valence-electron chi connectivity index (χ4n) is 7.26. The van der Waals surface area contributed by atoms with E-state index in [4.69, 9.17) is 18.9 Å². The van der Waals surface area contributed by atoms with Crippen LogP contribution in [0.4, 0.5) is 0 Å². The van der Waals surface area contributed by atoms with E-state index in [9.17, 15) is 35.7 Å². The van der Waals surface area contributed by atoms with E-state index in [1.165, 1.54) is 0 Å². The summed E-state index contributed by atoms with van der Waals surface area (Å²) in [6.45, 7) is 1.44. The maximum absolute atomic E-state index is 10.7. The van der Waals surface area contributed by atoms with E-state index >= 15 is 0 Å². The molecule has 11 nitrogen and oxygen atoms in total. The minimum atomic E-state index is -1.55. The standard InChI is InChI=1S/C24H40O11/c1-9-4-12-18-15(32-9)6-11(26)7-16(18)33-22(10-2-3-13(27)14(28)5-10)23(12)35-24-21(31)20(30)19(29)17(8-25)34-24/h9-31H,2-8H2,1H3/p+1. The average Bonchev–Trinajstić information content (AvgIpc) is 2.81. The summed E-state index contributed by atoms with van der Waals surface area (Å²) >= 11 is 0. The van der Waals surface area contributed by atoms with Crippen molar-refractivity contribution in [2.75, 3.05) is 6.61 Å². The zero-order chi connectivity index (χ0) is 25.0. The van der Waals surface area contributed by atoms with Gasteiger partial charge in [-0.15, -0.1) is 0 Å². The molecule has 16 atom stereocenters. The minimum absolute atomic E-state index is 0.0137. The molecule has 16 unspecified atom stereocenters. The Morgan fingerprint density at radius 1 is 0.857 bits per heavy atom. The summed E-state index contributed by atoms with van der Waals surface area (Å²) < 4.78 is 23.4. The van der Waals surface area contributed by atoms with Crippen molar-refractivity contribution < 1.29 is 54.7 Å². The Hall–Kier alpha value is -0.440. The molecule has 0 bridgehead atoms. The Labute approximate surface area is 204 Å². The Balaban J connectivity index is 1.45. The number of aliphatic hydroxyl groups is 9. The van der Waals surface area contributed by atoms with E-state index in [1.807, 2.05) is 6.92 Å². The molecule has 5 fully saturated rings. The van der Waals surface area contributed by atoms with Crippen molar-refractivity contribution in [3.63, 3.8) is 0 Å². The maximum atomic E-state index is 10.7. The lowest BCUT2D eigenvalue weighted by atomic mass is 9.64. The van der Waals surface area contributed by atoms with Crippen molar-refractivity contribution >= 4 is 0 Å². The normalized spacial score (nSPS) is 56.9. The molecule has 5 rings (SSSR count). The number of hydrogen-bond donors (Lipinski definition) is 7. The van der Waals surface area contributed by atoms with Crippen LogP contribution in [0.2, 0.25) is 0 Å². The highest BCUT2D eigenvalue weighted by molar-refractivity contribution is 5.04. The molecule has 0 spiro atoms. The topological polar surface area (TPSA) is 182 Å². The number of rotatable bonds is 4. The molecule has 3 heterocycles. The zero-order valence-corrected chi connectivity index (χ0v) is 20.0. The predicted molar refractivity (Wildman–Crippen MR) is 119 cm³/mol. The first-order valence-electron chi connectivity index (χ1n) is 13.0. The maximum Gasteiger partial charge on any atom is 0.187 e. The van der Waals surface area contributed by atoms with Crippen LogP contribution in [-0.2, 0) is 14.2 Å². The molecule has 0 aromatic carbocycles. The highest BCUT2D eigenvalue weighted by Crippen LogP contribution is 2.49. The molecule has 3 aliphatic heterocycles. The monoisotopic (exact) mass is 505 g/mol. The molecule has 35 heavy (non-hydrogen) atoms. The van der Waals surface area contributed by atoms with Gasteiger partial charge in [0.15, 0.2) is 18.5 Å². The smallest absolute Gasteiger partial charge is 0.187 e. The van der Waals surface area contributed by atoms with Gasteiger partial charge >= 0.3 is 0 Å². The predicted octanol–water partition coefficient (Wildman–Crippen LogP) is -2.46. The van der Waals surface area contributed by atoms with E-state index < -0.39 is 61.7 Å². The quantitative estimate of drug-likeness (QED) is 0.202. The van der Waals surface area contributed by atoms with Gasteiger partial charge in [-0.3, -0.25) is 0 Å². The van der Waals surface area contributed by atoms with Crippen LogP contribution in [0.3, 0.4) is 0 Å². The number of ether oxygens (including phenoxy) is 4. The second-order valence-electron chi connectivity index (χ2n) is 11.3. The third-order valence-corrected chi connectivity index (χ3v) is 8.96. The molecule has 0 aromatic rings. The molecule has 11 heteroatoms. The third-order valence-electron chi connectivity index (χ3n) is 8.96. The summed E-state index contributed by atoms with van der Waals surface area (Å²) in [6, 6.07) is 0. The fraction of sp³-hybridized carbons (Fsp3) is 1.00. The van der Waals surface area contributed by atoms with Gasteiger partial charge in [-0.05, 0) is 32.6 Å². The summed E-state index contributed by atoms with van der Waals surface area (Å²) in [5, 5.41) is 71.8. The Kier molecular flexibility index (Phi) is 7.76. The van der Waals surface area contributed by atoms with Gasteiger partial charge in [0.1, 0.15) is 30.5 Å². The largest absolute Gasteiger partial charge is 0.427 e. The van der Waals surface area contributed by atoms with Gasteiger partial charge in [-0.25, -0.2) is 0 Å². The number of aliphatic hydroxyl groups excluding tert-OH is 7. The van der Waals surface area contributed by atoms with Gasteiger partial charge in [0, 0.05) is 24.7 Å². The highest BCUT2D eigenvalue weighted by Gasteiger charge is 2.61.